The van der Waals surface area contributed by atoms with E-state index in [1.54, 1.807) is 0 Å². The molecule has 4 saturated carbocycles. The van der Waals surface area contributed by atoms with E-state index in [0.29, 0.717) is 32.1 Å². The minimum atomic E-state index is -1.91. The van der Waals surface area contributed by atoms with Gasteiger partial charge in [-0.15, -0.1) is 0 Å². The van der Waals surface area contributed by atoms with Gasteiger partial charge in [-0.25, -0.2) is 0 Å². The summed E-state index contributed by atoms with van der Waals surface area (Å²) in [5.41, 5.74) is -1.69. The Hall–Kier alpha value is -1.51. The smallest absolute Gasteiger partial charge is 0.315 e. The molecule has 390 valence electrons. The van der Waals surface area contributed by atoms with Crippen LogP contribution >= 0.6 is 0 Å². The van der Waals surface area contributed by atoms with E-state index < -0.39 is 141 Å². The molecular weight excluding hydrogens is 897 g/mol. The summed E-state index contributed by atoms with van der Waals surface area (Å²) >= 11 is 0. The van der Waals surface area contributed by atoms with Gasteiger partial charge in [0.15, 0.2) is 12.6 Å². The summed E-state index contributed by atoms with van der Waals surface area (Å²) in [4.78, 5) is 15.0. The van der Waals surface area contributed by atoms with Crippen molar-refractivity contribution in [1.82, 2.24) is 0 Å². The Morgan fingerprint density at radius 2 is 1.28 bits per heavy atom. The molecule has 13 N–H and O–H groups in total. The molecule has 20 heteroatoms. The highest BCUT2D eigenvalue weighted by atomic mass is 16.8. The lowest BCUT2D eigenvalue weighted by Gasteiger charge is -2.71. The van der Waals surface area contributed by atoms with Gasteiger partial charge in [-0.05, 0) is 97.2 Å². The molecule has 8 aliphatic rings. The molecule has 0 aromatic rings. The Bertz CT molecular complexity index is 1840. The maximum absolute atomic E-state index is 15.0. The SMILES string of the molecule is C[C@H]1[C@H](C)CC[C@]2(C(=O)O[C@@H]3O[C@H](CO[C@@H]4O[C@H](CO)[C@@H](O[C@H]5O[C@@H](CO)[C@@H](O)[C@@H](O)[C@@H]5O)[C@H](O)[C@H]4O)[C@@H](O)[C@H](O)[C@H]3O)CC[C@]3(C)C(=CC[C@@H]4[C@@]5(C)C[C@@H](O)[C@H](O)[C@@](C)(CO)[C@@H]5CC[C@]43C)[C@H]12. The summed E-state index contributed by atoms with van der Waals surface area (Å²) in [6.45, 7) is 10.7. The van der Waals surface area contributed by atoms with E-state index >= 15 is 4.79 Å². The number of rotatable bonds is 10. The predicted molar refractivity (Wildman–Crippen MR) is 233 cm³/mol. The molecule has 0 aromatic heterocycles. The van der Waals surface area contributed by atoms with E-state index in [4.69, 9.17) is 28.4 Å². The molecule has 68 heavy (non-hydrogen) atoms. The van der Waals surface area contributed by atoms with Crippen molar-refractivity contribution in [3.05, 3.63) is 11.6 Å². The van der Waals surface area contributed by atoms with E-state index in [9.17, 15) is 66.4 Å². The lowest BCUT2D eigenvalue weighted by atomic mass is 9.33. The Morgan fingerprint density at radius 1 is 0.676 bits per heavy atom. The second kappa shape index (κ2) is 19.1. The molecule has 3 saturated heterocycles. The first-order valence-electron chi connectivity index (χ1n) is 24.7. The molecule has 5 aliphatic carbocycles. The zero-order valence-electron chi connectivity index (χ0n) is 39.9. The molecule has 0 radical (unpaired) electrons. The number of hydrogen-bond donors (Lipinski definition) is 13. The standard InChI is InChI=1S/C48H78O20/c1-20-9-12-48(14-13-46(5)22(29(48)21(20)2)7-8-28-44(3)15-23(52)39(61)45(4,19-51)27(44)10-11-47(28,46)6)43(62)68-42-36(59)33(56)31(54)26(66-42)18-63-40-37(60)34(57)38(25(17-50)65-40)67-41-35(58)32(55)30(53)24(16-49)64-41/h7,20-21,23-42,49-61H,8-19H2,1-6H3/t20-,21+,23-,24+,25-,26-,27-,28-,29+,30-,31-,32-,33+,34-,35+,36-,37-,38-,39+,40-,41-,42+,44+,45+,46-,47-,48+/m1/s1. The van der Waals surface area contributed by atoms with Crippen molar-refractivity contribution in [2.45, 2.75) is 197 Å². The molecule has 3 heterocycles. The van der Waals surface area contributed by atoms with E-state index in [1.807, 2.05) is 6.92 Å². The summed E-state index contributed by atoms with van der Waals surface area (Å²) in [6.07, 6.45) is -20.4. The zero-order valence-corrected chi connectivity index (χ0v) is 39.9. The average molecular weight is 975 g/mol. The van der Waals surface area contributed by atoms with E-state index in [0.717, 1.165) is 19.3 Å². The number of ether oxygens (including phenoxy) is 6. The Labute approximate surface area is 396 Å². The number of aliphatic hydroxyl groups excluding tert-OH is 13. The van der Waals surface area contributed by atoms with Crippen LogP contribution < -0.4 is 0 Å². The van der Waals surface area contributed by atoms with Crippen LogP contribution in [0.2, 0.25) is 0 Å². The van der Waals surface area contributed by atoms with E-state index in [2.05, 4.69) is 40.7 Å². The van der Waals surface area contributed by atoms with Gasteiger partial charge >= 0.3 is 5.97 Å². The number of esters is 1. The van der Waals surface area contributed by atoms with Gasteiger partial charge in [-0.2, -0.15) is 0 Å². The first-order valence-corrected chi connectivity index (χ1v) is 24.7. The van der Waals surface area contributed by atoms with Gasteiger partial charge < -0.3 is 94.8 Å². The zero-order chi connectivity index (χ0) is 49.8. The number of fused-ring (bicyclic) bond motifs is 7. The van der Waals surface area contributed by atoms with Gasteiger partial charge in [0.1, 0.15) is 73.2 Å². The monoisotopic (exact) mass is 975 g/mol. The maximum Gasteiger partial charge on any atom is 0.315 e. The lowest BCUT2D eigenvalue weighted by molar-refractivity contribution is -0.364. The summed E-state index contributed by atoms with van der Waals surface area (Å²) < 4.78 is 34.5. The van der Waals surface area contributed by atoms with Gasteiger partial charge in [-0.3, -0.25) is 4.79 Å². The second-order valence-electron chi connectivity index (χ2n) is 22.9. The van der Waals surface area contributed by atoms with Crippen LogP contribution in [-0.4, -0.2) is 203 Å². The fourth-order valence-electron chi connectivity index (χ4n) is 15.2. The van der Waals surface area contributed by atoms with E-state index in [-0.39, 0.29) is 52.4 Å². The first kappa shape index (κ1) is 52.8. The minimum absolute atomic E-state index is 0.0178. The fourth-order valence-corrected chi connectivity index (χ4v) is 15.2. The molecule has 0 bridgehead atoms. The van der Waals surface area contributed by atoms with Crippen molar-refractivity contribution in [1.29, 1.82) is 0 Å². The molecule has 0 spiro atoms. The van der Waals surface area contributed by atoms with Crippen LogP contribution in [0.4, 0.5) is 0 Å². The lowest BCUT2D eigenvalue weighted by Crippen LogP contribution is -2.68. The third kappa shape index (κ3) is 7.98. The number of allylic oxidation sites excluding steroid dienone is 2. The van der Waals surface area contributed by atoms with Crippen LogP contribution in [0.1, 0.15) is 92.9 Å². The largest absolute Gasteiger partial charge is 0.432 e. The highest BCUT2D eigenvalue weighted by molar-refractivity contribution is 5.79. The quantitative estimate of drug-likeness (QED) is 0.0827. The highest BCUT2D eigenvalue weighted by Gasteiger charge is 2.71. The first-order chi connectivity index (χ1) is 31.9. The Balaban J connectivity index is 0.981. The molecule has 27 atom stereocenters. The molecule has 20 nitrogen and oxygen atoms in total. The molecule has 7 fully saturated rings. The van der Waals surface area contributed by atoms with Crippen molar-refractivity contribution >= 4 is 5.97 Å². The van der Waals surface area contributed by atoms with Gasteiger partial charge in [0, 0.05) is 5.41 Å². The second-order valence-corrected chi connectivity index (χ2v) is 22.9. The van der Waals surface area contributed by atoms with Crippen molar-refractivity contribution in [3.8, 4) is 0 Å². The van der Waals surface area contributed by atoms with Crippen molar-refractivity contribution in [2.75, 3.05) is 26.4 Å². The van der Waals surface area contributed by atoms with E-state index in [1.165, 1.54) is 5.57 Å². The molecular formula is C48H78O20. The van der Waals surface area contributed by atoms with Gasteiger partial charge in [0.2, 0.25) is 6.29 Å². The van der Waals surface area contributed by atoms with Crippen LogP contribution in [0.15, 0.2) is 11.6 Å². The van der Waals surface area contributed by atoms with Gasteiger partial charge in [0.25, 0.3) is 0 Å². The molecule has 0 amide bonds. The van der Waals surface area contributed by atoms with Crippen LogP contribution in [0.25, 0.3) is 0 Å². The van der Waals surface area contributed by atoms with Crippen LogP contribution in [-0.2, 0) is 33.2 Å². The van der Waals surface area contributed by atoms with Crippen LogP contribution in [0.5, 0.6) is 0 Å². The molecule has 0 aromatic carbocycles. The summed E-state index contributed by atoms with van der Waals surface area (Å²) in [5.74, 6) is -0.445. The third-order valence-corrected chi connectivity index (χ3v) is 19.8. The van der Waals surface area contributed by atoms with Crippen molar-refractivity contribution in [3.63, 3.8) is 0 Å². The number of hydrogen-bond acceptors (Lipinski definition) is 20. The van der Waals surface area contributed by atoms with Crippen LogP contribution in [0.3, 0.4) is 0 Å². The van der Waals surface area contributed by atoms with Crippen LogP contribution in [0, 0.1) is 56.7 Å². The summed E-state index contributed by atoms with van der Waals surface area (Å²) in [5, 5.41) is 139. The fraction of sp³-hybridized carbons (Fsp3) is 0.938. The van der Waals surface area contributed by atoms with Crippen molar-refractivity contribution in [2.24, 2.45) is 56.7 Å². The molecule has 3 aliphatic heterocycles. The Morgan fingerprint density at radius 3 is 1.93 bits per heavy atom. The third-order valence-electron chi connectivity index (χ3n) is 19.8. The molecule has 8 rings (SSSR count). The maximum atomic E-state index is 15.0. The van der Waals surface area contributed by atoms with Crippen molar-refractivity contribution < 1.29 is 99.6 Å². The minimum Gasteiger partial charge on any atom is -0.432 e. The number of aliphatic hydroxyl groups is 13. The topological polar surface area (TPSA) is 335 Å². The normalized spacial score (nSPS) is 56.0. The summed E-state index contributed by atoms with van der Waals surface area (Å²) in [7, 11) is 0. The predicted octanol–water partition coefficient (Wildman–Crippen LogP) is -2.06. The summed E-state index contributed by atoms with van der Waals surface area (Å²) in [6, 6.07) is 0. The average Bonchev–Trinajstić information content (AvgIpc) is 3.31. The number of carbonyl (C=O) groups is 1. The van der Waals surface area contributed by atoms with Gasteiger partial charge in [0.05, 0.1) is 44.1 Å². The van der Waals surface area contributed by atoms with Gasteiger partial charge in [-0.1, -0.05) is 53.2 Å². The Kier molecular flexibility index (Phi) is 14.8. The highest BCUT2D eigenvalue weighted by Crippen LogP contribution is 2.76. The number of carbonyl (C=O) groups excluding carboxylic acids is 1. The molecule has 0 unspecified atom stereocenters.